The first-order valence-electron chi connectivity index (χ1n) is 7.55. The van der Waals surface area contributed by atoms with Crippen molar-refractivity contribution in [3.8, 4) is 5.75 Å². The Morgan fingerprint density at radius 3 is 2.15 bits per heavy atom. The maximum Gasteiger partial charge on any atom is 0.522 e. The number of alkyl halides is 3. The molecule has 2 aromatic carbocycles. The topological polar surface area (TPSA) is 110 Å². The third-order valence-electron chi connectivity index (χ3n) is 3.47. The number of hydrogen-bond donors (Lipinski definition) is 2. The van der Waals surface area contributed by atoms with Gasteiger partial charge in [-0.05, 0) is 24.6 Å². The molecule has 1 heterocycles. The van der Waals surface area contributed by atoms with Crippen LogP contribution >= 0.6 is 0 Å². The molecule has 0 atom stereocenters. The molecule has 0 spiro atoms. The monoisotopic (exact) mass is 405 g/mol. The third-order valence-corrected chi connectivity index (χ3v) is 4.06. The fourth-order valence-corrected chi connectivity index (χ4v) is 2.33. The summed E-state index contributed by atoms with van der Waals surface area (Å²) in [6, 6.07) is 8.89. The maximum atomic E-state index is 11.8. The summed E-state index contributed by atoms with van der Waals surface area (Å²) in [6.45, 7) is 2.64. The van der Waals surface area contributed by atoms with Crippen LogP contribution in [0.4, 0.5) is 13.2 Å². The molecule has 7 nitrogen and oxygen atoms in total. The molecule has 1 aliphatic heterocycles. The Kier molecular flexibility index (Phi) is 5.76. The molecule has 0 saturated carbocycles. The van der Waals surface area contributed by atoms with Gasteiger partial charge in [0.2, 0.25) is 0 Å². The number of nitrogens with one attached hydrogen (secondary N) is 1. The molecule has 0 fully saturated rings. The smallest absolute Gasteiger partial charge is 0.493 e. The first-order valence-corrected chi connectivity index (χ1v) is 8.99. The zero-order valence-electron chi connectivity index (χ0n) is 13.8. The number of imide groups is 1. The van der Waals surface area contributed by atoms with Gasteiger partial charge < -0.3 is 4.74 Å². The highest BCUT2D eigenvalue weighted by Gasteiger charge is 2.44. The van der Waals surface area contributed by atoms with Gasteiger partial charge in [0.1, 0.15) is 5.75 Å². The summed E-state index contributed by atoms with van der Waals surface area (Å²) in [5, 5.41) is 3.84. The average Bonchev–Trinajstić information content (AvgIpc) is 2.56. The number of carbonyl (C=O) groups is 2. The summed E-state index contributed by atoms with van der Waals surface area (Å²) >= 11 is 0. The van der Waals surface area contributed by atoms with E-state index in [0.29, 0.717) is 28.9 Å². The summed E-state index contributed by atoms with van der Waals surface area (Å²) in [4.78, 5) is 23.7. The second-order valence-electron chi connectivity index (χ2n) is 5.39. The predicted molar refractivity (Wildman–Crippen MR) is 89.1 cm³/mol. The highest BCUT2D eigenvalue weighted by Crippen LogP contribution is 2.33. The minimum absolute atomic E-state index is 0.351. The molecular weight excluding hydrogens is 391 g/mol. The van der Waals surface area contributed by atoms with E-state index >= 15 is 0 Å². The number of hydrogen-bond acceptors (Lipinski definition) is 5. The Morgan fingerprint density at radius 2 is 1.63 bits per heavy atom. The average molecular weight is 405 g/mol. The van der Waals surface area contributed by atoms with Gasteiger partial charge in [0.05, 0.1) is 6.61 Å². The highest BCUT2D eigenvalue weighted by molar-refractivity contribution is 7.86. The van der Waals surface area contributed by atoms with Crippen molar-refractivity contribution in [3.05, 3.63) is 41.5 Å². The minimum atomic E-state index is -5.84. The Morgan fingerprint density at radius 1 is 1.07 bits per heavy atom. The molecule has 3 rings (SSSR count). The van der Waals surface area contributed by atoms with E-state index in [1.807, 2.05) is 13.0 Å². The lowest BCUT2D eigenvalue weighted by atomic mass is 9.95. The lowest BCUT2D eigenvalue weighted by Gasteiger charge is -2.18. The number of halogens is 3. The summed E-state index contributed by atoms with van der Waals surface area (Å²) in [7, 11) is -5.84. The zero-order chi connectivity index (χ0) is 20.4. The van der Waals surface area contributed by atoms with Crippen LogP contribution in [0.2, 0.25) is 0 Å². The molecule has 1 aliphatic rings. The predicted octanol–water partition coefficient (Wildman–Crippen LogP) is 2.91. The van der Waals surface area contributed by atoms with E-state index in [1.54, 1.807) is 24.3 Å². The van der Waals surface area contributed by atoms with Gasteiger partial charge in [-0.1, -0.05) is 19.1 Å². The maximum absolute atomic E-state index is 11.8. The Hall–Kier alpha value is -2.66. The summed E-state index contributed by atoms with van der Waals surface area (Å²) in [6.07, 6.45) is 0.905. The number of ether oxygens (including phenoxy) is 1. The molecular formula is C16H14F3NO6S. The van der Waals surface area contributed by atoms with Crippen molar-refractivity contribution in [1.29, 1.82) is 0 Å². The summed E-state index contributed by atoms with van der Waals surface area (Å²) < 4.78 is 63.2. The molecule has 2 N–H and O–H groups in total. The van der Waals surface area contributed by atoms with Crippen LogP contribution in [-0.4, -0.2) is 36.9 Å². The van der Waals surface area contributed by atoms with Crippen molar-refractivity contribution >= 4 is 32.7 Å². The molecule has 11 heteroatoms. The zero-order valence-corrected chi connectivity index (χ0v) is 14.6. The van der Waals surface area contributed by atoms with Crippen LogP contribution in [0.5, 0.6) is 5.75 Å². The molecule has 0 aliphatic carbocycles. The number of rotatable bonds is 3. The van der Waals surface area contributed by atoms with Crippen molar-refractivity contribution in [1.82, 2.24) is 5.32 Å². The van der Waals surface area contributed by atoms with Crippen molar-refractivity contribution in [2.75, 3.05) is 6.61 Å². The van der Waals surface area contributed by atoms with Crippen LogP contribution in [-0.2, 0) is 10.1 Å². The standard InChI is InChI=1S/C15H13NO3.CHF3O3S/c1-2-8-19-12-7-6-11-13-9(12)4-3-5-10(13)14(17)16-15(11)18;2-1(3,4)8(5,6)7/h3-7H,2,8H2,1H3,(H,16,17,18);(H,5,6,7). The minimum Gasteiger partial charge on any atom is -0.493 e. The van der Waals surface area contributed by atoms with Crippen molar-refractivity contribution in [3.63, 3.8) is 0 Å². The summed E-state index contributed by atoms with van der Waals surface area (Å²) in [5.74, 6) is 0.0106. The van der Waals surface area contributed by atoms with Gasteiger partial charge in [-0.25, -0.2) is 0 Å². The van der Waals surface area contributed by atoms with E-state index in [-0.39, 0.29) is 11.8 Å². The van der Waals surface area contributed by atoms with Gasteiger partial charge in [-0.2, -0.15) is 21.6 Å². The van der Waals surface area contributed by atoms with Crippen LogP contribution in [0.15, 0.2) is 30.3 Å². The van der Waals surface area contributed by atoms with Crippen molar-refractivity contribution in [2.24, 2.45) is 0 Å². The SMILES string of the molecule is CCCOc1ccc2c3c(cccc13)C(=O)NC2=O.O=S(=O)(O)C(F)(F)F. The fourth-order valence-electron chi connectivity index (χ4n) is 2.33. The van der Waals surface area contributed by atoms with Crippen molar-refractivity contribution in [2.45, 2.75) is 18.9 Å². The number of benzene rings is 2. The molecule has 0 radical (unpaired) electrons. The van der Waals surface area contributed by atoms with Gasteiger partial charge in [-0.3, -0.25) is 19.5 Å². The van der Waals surface area contributed by atoms with Crippen LogP contribution in [0.25, 0.3) is 10.8 Å². The molecule has 27 heavy (non-hydrogen) atoms. The molecule has 2 amide bonds. The normalized spacial score (nSPS) is 13.7. The van der Waals surface area contributed by atoms with Crippen molar-refractivity contribution < 1.29 is 40.5 Å². The Balaban J connectivity index is 0.000000279. The quantitative estimate of drug-likeness (QED) is 0.462. The molecule has 0 aromatic heterocycles. The van der Waals surface area contributed by atoms with E-state index in [1.165, 1.54) is 0 Å². The molecule has 0 bridgehead atoms. The number of amides is 2. The van der Waals surface area contributed by atoms with Gasteiger partial charge in [-0.15, -0.1) is 0 Å². The van der Waals surface area contributed by atoms with Gasteiger partial charge >= 0.3 is 15.6 Å². The van der Waals surface area contributed by atoms with Crippen LogP contribution in [0.3, 0.4) is 0 Å². The van der Waals surface area contributed by atoms with Gasteiger partial charge in [0.15, 0.2) is 0 Å². The molecule has 146 valence electrons. The summed E-state index contributed by atoms with van der Waals surface area (Å²) in [5.41, 5.74) is -4.49. The van der Waals surface area contributed by atoms with E-state index in [9.17, 15) is 22.8 Å². The molecule has 2 aromatic rings. The van der Waals surface area contributed by atoms with E-state index in [2.05, 4.69) is 5.32 Å². The van der Waals surface area contributed by atoms with Crippen LogP contribution < -0.4 is 10.1 Å². The first kappa shape index (κ1) is 20.6. The molecule has 0 unspecified atom stereocenters. The third kappa shape index (κ3) is 4.37. The van der Waals surface area contributed by atoms with Gasteiger partial charge in [0.25, 0.3) is 11.8 Å². The van der Waals surface area contributed by atoms with Crippen LogP contribution in [0, 0.1) is 0 Å². The Labute approximate surface area is 151 Å². The number of carbonyl (C=O) groups excluding carboxylic acids is 2. The Bertz CT molecular complexity index is 981. The lowest BCUT2D eigenvalue weighted by molar-refractivity contribution is -0.0510. The second kappa shape index (κ2) is 7.53. The largest absolute Gasteiger partial charge is 0.522 e. The fraction of sp³-hybridized carbons (Fsp3) is 0.250. The lowest BCUT2D eigenvalue weighted by Crippen LogP contribution is -2.34. The second-order valence-corrected chi connectivity index (χ2v) is 6.80. The van der Waals surface area contributed by atoms with Crippen LogP contribution in [0.1, 0.15) is 34.1 Å². The van der Waals surface area contributed by atoms with E-state index in [4.69, 9.17) is 17.7 Å². The first-order chi connectivity index (χ1) is 12.5. The molecule has 0 saturated heterocycles. The highest BCUT2D eigenvalue weighted by atomic mass is 32.2. The van der Waals surface area contributed by atoms with Gasteiger partial charge in [0, 0.05) is 21.9 Å². The van der Waals surface area contributed by atoms with E-state index in [0.717, 1.165) is 11.8 Å². The van der Waals surface area contributed by atoms with E-state index < -0.39 is 15.6 Å².